The highest BCUT2D eigenvalue weighted by atomic mass is 14.2. The molecule has 0 aliphatic heterocycles. The Morgan fingerprint density at radius 3 is 2.44 bits per heavy atom. The predicted molar refractivity (Wildman–Crippen MR) is 66.9 cm³/mol. The summed E-state index contributed by atoms with van der Waals surface area (Å²) in [6.45, 7) is 0. The van der Waals surface area contributed by atoms with Crippen molar-refractivity contribution in [1.29, 1.82) is 0 Å². The molecule has 0 N–H and O–H groups in total. The van der Waals surface area contributed by atoms with Crippen LogP contribution in [-0.4, -0.2) is 0 Å². The molecule has 1 aliphatic rings. The van der Waals surface area contributed by atoms with Crippen LogP contribution in [0.1, 0.15) is 16.7 Å². The van der Waals surface area contributed by atoms with Gasteiger partial charge >= 0.3 is 0 Å². The normalized spacial score (nSPS) is 14.1. The molecule has 0 bridgehead atoms. The highest BCUT2D eigenvalue weighted by molar-refractivity contribution is 5.78. The van der Waals surface area contributed by atoms with Crippen molar-refractivity contribution in [3.63, 3.8) is 0 Å². The SMILES string of the molecule is [C]1C(c2ccccc2)=CCc2ccccc21. The van der Waals surface area contributed by atoms with E-state index in [0.29, 0.717) is 0 Å². The molecule has 0 fully saturated rings. The molecule has 0 spiro atoms. The van der Waals surface area contributed by atoms with Gasteiger partial charge in [-0.15, -0.1) is 0 Å². The fourth-order valence-electron chi connectivity index (χ4n) is 2.04. The van der Waals surface area contributed by atoms with E-state index >= 15 is 0 Å². The second-order valence-electron chi connectivity index (χ2n) is 3.97. The molecule has 16 heavy (non-hydrogen) atoms. The monoisotopic (exact) mass is 204 g/mol. The van der Waals surface area contributed by atoms with Gasteiger partial charge in [-0.25, -0.2) is 0 Å². The summed E-state index contributed by atoms with van der Waals surface area (Å²) in [5, 5.41) is 0. The highest BCUT2D eigenvalue weighted by Gasteiger charge is 2.11. The Hall–Kier alpha value is -1.82. The first-order valence-corrected chi connectivity index (χ1v) is 5.54. The van der Waals surface area contributed by atoms with Crippen LogP contribution in [0.3, 0.4) is 0 Å². The van der Waals surface area contributed by atoms with Gasteiger partial charge in [-0.05, 0) is 28.7 Å². The van der Waals surface area contributed by atoms with E-state index in [1.54, 1.807) is 0 Å². The summed E-state index contributed by atoms with van der Waals surface area (Å²) in [6, 6.07) is 18.9. The molecule has 0 heterocycles. The van der Waals surface area contributed by atoms with E-state index in [-0.39, 0.29) is 0 Å². The second kappa shape index (κ2) is 3.97. The van der Waals surface area contributed by atoms with Crippen LogP contribution >= 0.6 is 0 Å². The molecule has 1 aliphatic carbocycles. The molecule has 0 unspecified atom stereocenters. The molecule has 0 nitrogen and oxygen atoms in total. The van der Waals surface area contributed by atoms with Crippen molar-refractivity contribution in [2.45, 2.75) is 6.42 Å². The smallest absolute Gasteiger partial charge is 0.0507 e. The van der Waals surface area contributed by atoms with Crippen molar-refractivity contribution < 1.29 is 0 Å². The largest absolute Gasteiger partial charge is 0.0753 e. The fraction of sp³-hybridized carbons (Fsp3) is 0.0625. The lowest BCUT2D eigenvalue weighted by Crippen LogP contribution is -2.00. The molecule has 3 rings (SSSR count). The van der Waals surface area contributed by atoms with Crippen molar-refractivity contribution >= 4 is 5.57 Å². The first-order chi connectivity index (χ1) is 7.93. The average Bonchev–Trinajstić information content (AvgIpc) is 2.39. The first-order valence-electron chi connectivity index (χ1n) is 5.54. The van der Waals surface area contributed by atoms with E-state index in [1.165, 1.54) is 22.3 Å². The Morgan fingerprint density at radius 2 is 1.56 bits per heavy atom. The maximum Gasteiger partial charge on any atom is 0.0507 e. The van der Waals surface area contributed by atoms with Gasteiger partial charge in [-0.1, -0.05) is 60.7 Å². The summed E-state index contributed by atoms with van der Waals surface area (Å²) in [5.41, 5.74) is 5.04. The van der Waals surface area contributed by atoms with Gasteiger partial charge in [0.1, 0.15) is 0 Å². The topological polar surface area (TPSA) is 0 Å². The Kier molecular flexibility index (Phi) is 2.34. The van der Waals surface area contributed by atoms with Gasteiger partial charge < -0.3 is 0 Å². The number of allylic oxidation sites excluding steroid dienone is 2. The quantitative estimate of drug-likeness (QED) is 0.663. The lowest BCUT2D eigenvalue weighted by Gasteiger charge is -2.16. The van der Waals surface area contributed by atoms with Gasteiger partial charge in [0.2, 0.25) is 0 Å². The molecule has 0 aromatic heterocycles. The molecule has 0 amide bonds. The zero-order chi connectivity index (χ0) is 10.8. The summed E-state index contributed by atoms with van der Waals surface area (Å²) < 4.78 is 0. The van der Waals surface area contributed by atoms with Crippen LogP contribution in [0.4, 0.5) is 0 Å². The van der Waals surface area contributed by atoms with Gasteiger partial charge in [-0.3, -0.25) is 0 Å². The number of hydrogen-bond acceptors (Lipinski definition) is 0. The number of fused-ring (bicyclic) bond motifs is 1. The van der Waals surface area contributed by atoms with Crippen LogP contribution in [0.2, 0.25) is 0 Å². The zero-order valence-corrected chi connectivity index (χ0v) is 8.98. The third-order valence-corrected chi connectivity index (χ3v) is 2.90. The third-order valence-electron chi connectivity index (χ3n) is 2.90. The molecular formula is C16H12. The molecule has 2 aromatic rings. The molecule has 0 saturated carbocycles. The standard InChI is InChI=1S/C16H12/c1-2-6-13(7-3-1)16-11-10-14-8-4-5-9-15(14)12-16/h1-9,11H,10H2. The van der Waals surface area contributed by atoms with Crippen LogP contribution in [-0.2, 0) is 6.42 Å². The molecule has 2 radical (unpaired) electrons. The highest BCUT2D eigenvalue weighted by Crippen LogP contribution is 2.28. The summed E-state index contributed by atoms with van der Waals surface area (Å²) in [4.78, 5) is 0. The minimum atomic E-state index is 1.01. The van der Waals surface area contributed by atoms with Crippen molar-refractivity contribution in [3.05, 3.63) is 83.8 Å². The van der Waals surface area contributed by atoms with Crippen molar-refractivity contribution in [2.24, 2.45) is 0 Å². The maximum absolute atomic E-state index is 3.47. The Morgan fingerprint density at radius 1 is 0.812 bits per heavy atom. The first kappa shape index (κ1) is 9.41. The van der Waals surface area contributed by atoms with E-state index < -0.39 is 0 Å². The van der Waals surface area contributed by atoms with Gasteiger partial charge in [0, 0.05) is 0 Å². The summed E-state index contributed by atoms with van der Waals surface area (Å²) in [5.74, 6) is 0. The molecule has 0 saturated heterocycles. The molecular weight excluding hydrogens is 192 g/mol. The van der Waals surface area contributed by atoms with Gasteiger partial charge in [-0.2, -0.15) is 0 Å². The second-order valence-corrected chi connectivity index (χ2v) is 3.97. The lowest BCUT2D eigenvalue weighted by molar-refractivity contribution is 1.20. The van der Waals surface area contributed by atoms with Crippen LogP contribution in [0.5, 0.6) is 0 Å². The van der Waals surface area contributed by atoms with Crippen LogP contribution in [0, 0.1) is 6.42 Å². The Bertz CT molecular complexity index is 521. The van der Waals surface area contributed by atoms with E-state index in [4.69, 9.17) is 0 Å². The number of rotatable bonds is 1. The van der Waals surface area contributed by atoms with Crippen LogP contribution in [0.25, 0.3) is 5.57 Å². The van der Waals surface area contributed by atoms with Gasteiger partial charge in [0.05, 0.1) is 6.42 Å². The molecule has 0 atom stereocenters. The lowest BCUT2D eigenvalue weighted by atomic mass is 9.88. The number of benzene rings is 2. The van der Waals surface area contributed by atoms with Gasteiger partial charge in [0.25, 0.3) is 0 Å². The van der Waals surface area contributed by atoms with Gasteiger partial charge in [0.15, 0.2) is 0 Å². The van der Waals surface area contributed by atoms with Crippen LogP contribution < -0.4 is 0 Å². The van der Waals surface area contributed by atoms with E-state index in [1.807, 2.05) is 6.07 Å². The number of hydrogen-bond donors (Lipinski definition) is 0. The Balaban J connectivity index is 1.95. The summed E-state index contributed by atoms with van der Waals surface area (Å²) >= 11 is 0. The molecule has 76 valence electrons. The summed E-state index contributed by atoms with van der Waals surface area (Å²) in [6.07, 6.45) is 6.73. The summed E-state index contributed by atoms with van der Waals surface area (Å²) in [7, 11) is 0. The van der Waals surface area contributed by atoms with Crippen molar-refractivity contribution in [2.75, 3.05) is 0 Å². The average molecular weight is 204 g/mol. The van der Waals surface area contributed by atoms with Crippen molar-refractivity contribution in [1.82, 2.24) is 0 Å². The molecule has 2 aromatic carbocycles. The third kappa shape index (κ3) is 1.67. The van der Waals surface area contributed by atoms with E-state index in [2.05, 4.69) is 61.0 Å². The van der Waals surface area contributed by atoms with Crippen molar-refractivity contribution in [3.8, 4) is 0 Å². The molecule has 0 heteroatoms. The minimum Gasteiger partial charge on any atom is -0.0753 e. The van der Waals surface area contributed by atoms with E-state index in [0.717, 1.165) is 6.42 Å². The van der Waals surface area contributed by atoms with Crippen LogP contribution in [0.15, 0.2) is 60.7 Å². The fourth-order valence-corrected chi connectivity index (χ4v) is 2.04. The predicted octanol–water partition coefficient (Wildman–Crippen LogP) is 3.76. The maximum atomic E-state index is 3.47. The van der Waals surface area contributed by atoms with E-state index in [9.17, 15) is 0 Å². The Labute approximate surface area is 96.3 Å². The minimum absolute atomic E-state index is 1.01. The zero-order valence-electron chi connectivity index (χ0n) is 8.98.